The monoisotopic (exact) mass is 385 g/mol. The Bertz CT molecular complexity index is 1200. The molecule has 4 rings (SSSR count). The van der Waals surface area contributed by atoms with E-state index >= 15 is 0 Å². The minimum atomic E-state index is -0.204. The summed E-state index contributed by atoms with van der Waals surface area (Å²) in [6.45, 7) is 0.248. The van der Waals surface area contributed by atoms with Crippen LogP contribution in [0.1, 0.15) is 15.9 Å². The van der Waals surface area contributed by atoms with Crippen molar-refractivity contribution in [2.75, 3.05) is 12.0 Å². The van der Waals surface area contributed by atoms with Crippen LogP contribution < -0.4 is 15.2 Å². The van der Waals surface area contributed by atoms with Crippen LogP contribution in [0.3, 0.4) is 0 Å². The van der Waals surface area contributed by atoms with Crippen LogP contribution >= 0.6 is 0 Å². The Hall–Kier alpha value is -3.93. The molecule has 2 aromatic heterocycles. The van der Waals surface area contributed by atoms with Gasteiger partial charge >= 0.3 is 0 Å². The van der Waals surface area contributed by atoms with Gasteiger partial charge in [-0.1, -0.05) is 18.2 Å². The maximum absolute atomic E-state index is 13.3. The Morgan fingerprint density at radius 3 is 2.48 bits per heavy atom. The number of amides is 1. The van der Waals surface area contributed by atoms with E-state index in [1.54, 1.807) is 54.7 Å². The number of ether oxygens (including phenoxy) is 1. The summed E-state index contributed by atoms with van der Waals surface area (Å²) in [5.74, 6) is 0.522. The molecular formula is C23H19N3O3. The van der Waals surface area contributed by atoms with Crippen molar-refractivity contribution in [3.05, 3.63) is 101 Å². The van der Waals surface area contributed by atoms with E-state index in [1.807, 2.05) is 36.4 Å². The van der Waals surface area contributed by atoms with Gasteiger partial charge < -0.3 is 14.6 Å². The van der Waals surface area contributed by atoms with Crippen LogP contribution in [0.15, 0.2) is 83.9 Å². The van der Waals surface area contributed by atoms with Gasteiger partial charge in [0.25, 0.3) is 5.91 Å². The van der Waals surface area contributed by atoms with Gasteiger partial charge in [-0.2, -0.15) is 0 Å². The average molecular weight is 385 g/mol. The SMILES string of the molecule is COc1ccc(N(Cc2cc(=O)[nH]c3ccccc23)C(=O)c2ccncc2)cc1. The number of nitrogens with zero attached hydrogens (tertiary/aromatic N) is 2. The second-order valence-corrected chi connectivity index (χ2v) is 6.53. The molecule has 2 heterocycles. The highest BCUT2D eigenvalue weighted by atomic mass is 16.5. The number of pyridine rings is 2. The van der Waals surface area contributed by atoms with E-state index in [4.69, 9.17) is 4.74 Å². The van der Waals surface area contributed by atoms with Crippen LogP contribution in [0.25, 0.3) is 10.9 Å². The van der Waals surface area contributed by atoms with Crippen LogP contribution in [-0.4, -0.2) is 23.0 Å². The molecule has 0 spiro atoms. The van der Waals surface area contributed by atoms with Gasteiger partial charge in [-0.25, -0.2) is 0 Å². The molecule has 1 amide bonds. The first kappa shape index (κ1) is 18.4. The van der Waals surface area contributed by atoms with Crippen molar-refractivity contribution in [2.24, 2.45) is 0 Å². The average Bonchev–Trinajstić information content (AvgIpc) is 2.77. The van der Waals surface area contributed by atoms with Crippen molar-refractivity contribution in [2.45, 2.75) is 6.54 Å². The van der Waals surface area contributed by atoms with Gasteiger partial charge in [-0.3, -0.25) is 14.6 Å². The zero-order valence-electron chi connectivity index (χ0n) is 15.8. The quantitative estimate of drug-likeness (QED) is 0.567. The zero-order valence-corrected chi connectivity index (χ0v) is 15.8. The van der Waals surface area contributed by atoms with Gasteiger partial charge in [0.2, 0.25) is 5.56 Å². The summed E-state index contributed by atoms with van der Waals surface area (Å²) in [5.41, 5.74) is 2.52. The first-order valence-electron chi connectivity index (χ1n) is 9.12. The lowest BCUT2D eigenvalue weighted by Crippen LogP contribution is -2.31. The van der Waals surface area contributed by atoms with Crippen molar-refractivity contribution in [1.29, 1.82) is 0 Å². The fourth-order valence-corrected chi connectivity index (χ4v) is 3.27. The van der Waals surface area contributed by atoms with Crippen LogP contribution in [0, 0.1) is 0 Å². The van der Waals surface area contributed by atoms with Crippen LogP contribution in [0.4, 0.5) is 5.69 Å². The molecule has 0 saturated heterocycles. The number of rotatable bonds is 5. The number of aromatic amines is 1. The number of methoxy groups -OCH3 is 1. The fourth-order valence-electron chi connectivity index (χ4n) is 3.27. The smallest absolute Gasteiger partial charge is 0.258 e. The maximum Gasteiger partial charge on any atom is 0.258 e. The molecule has 0 radical (unpaired) electrons. The lowest BCUT2D eigenvalue weighted by molar-refractivity contribution is 0.0985. The lowest BCUT2D eigenvalue weighted by atomic mass is 10.1. The summed E-state index contributed by atoms with van der Waals surface area (Å²) in [6.07, 6.45) is 3.17. The third-order valence-corrected chi connectivity index (χ3v) is 4.72. The minimum absolute atomic E-state index is 0.179. The third kappa shape index (κ3) is 3.87. The first-order valence-corrected chi connectivity index (χ1v) is 9.12. The van der Waals surface area contributed by atoms with Crippen molar-refractivity contribution < 1.29 is 9.53 Å². The van der Waals surface area contributed by atoms with Gasteiger partial charge in [0.1, 0.15) is 5.75 Å². The van der Waals surface area contributed by atoms with Crippen LogP contribution in [0.5, 0.6) is 5.75 Å². The van der Waals surface area contributed by atoms with E-state index in [-0.39, 0.29) is 18.0 Å². The Labute approximate surface area is 167 Å². The Morgan fingerprint density at radius 2 is 1.76 bits per heavy atom. The number of carbonyl (C=O) groups is 1. The molecule has 4 aromatic rings. The van der Waals surface area contributed by atoms with E-state index in [9.17, 15) is 9.59 Å². The second-order valence-electron chi connectivity index (χ2n) is 6.53. The molecule has 0 atom stereocenters. The molecule has 1 N–H and O–H groups in total. The molecule has 0 aliphatic carbocycles. The molecule has 0 aliphatic rings. The summed E-state index contributed by atoms with van der Waals surface area (Å²) in [6, 6.07) is 19.7. The number of anilines is 1. The van der Waals surface area contributed by atoms with Gasteiger partial charge in [0.15, 0.2) is 0 Å². The van der Waals surface area contributed by atoms with Crippen LogP contribution in [-0.2, 0) is 6.54 Å². The van der Waals surface area contributed by atoms with E-state index in [2.05, 4.69) is 9.97 Å². The van der Waals surface area contributed by atoms with Crippen molar-refractivity contribution in [3.63, 3.8) is 0 Å². The van der Waals surface area contributed by atoms with E-state index in [0.717, 1.165) is 16.5 Å². The molecule has 2 aromatic carbocycles. The topological polar surface area (TPSA) is 75.3 Å². The normalized spacial score (nSPS) is 10.7. The van der Waals surface area contributed by atoms with E-state index in [0.29, 0.717) is 17.0 Å². The molecule has 29 heavy (non-hydrogen) atoms. The first-order chi connectivity index (χ1) is 14.2. The maximum atomic E-state index is 13.3. The molecule has 6 heteroatoms. The highest BCUT2D eigenvalue weighted by Crippen LogP contribution is 2.25. The van der Waals surface area contributed by atoms with Gasteiger partial charge in [0.05, 0.1) is 13.7 Å². The Morgan fingerprint density at radius 1 is 1.03 bits per heavy atom. The second kappa shape index (κ2) is 7.98. The number of hydrogen-bond donors (Lipinski definition) is 1. The summed E-state index contributed by atoms with van der Waals surface area (Å²) in [4.78, 5) is 33.9. The van der Waals surface area contributed by atoms with Crippen molar-refractivity contribution in [3.8, 4) is 5.75 Å². The van der Waals surface area contributed by atoms with Gasteiger partial charge in [0, 0.05) is 40.6 Å². The number of aromatic nitrogens is 2. The van der Waals surface area contributed by atoms with Gasteiger partial charge in [-0.15, -0.1) is 0 Å². The fraction of sp³-hybridized carbons (Fsp3) is 0.0870. The summed E-state index contributed by atoms with van der Waals surface area (Å²) in [5, 5.41) is 0.896. The number of para-hydroxylation sites is 1. The summed E-state index contributed by atoms with van der Waals surface area (Å²) >= 11 is 0. The van der Waals surface area contributed by atoms with E-state index in [1.165, 1.54) is 0 Å². The van der Waals surface area contributed by atoms with E-state index < -0.39 is 0 Å². The number of hydrogen-bond acceptors (Lipinski definition) is 4. The minimum Gasteiger partial charge on any atom is -0.497 e. The summed E-state index contributed by atoms with van der Waals surface area (Å²) in [7, 11) is 1.59. The molecular weight excluding hydrogens is 366 g/mol. The van der Waals surface area contributed by atoms with Crippen molar-refractivity contribution in [1.82, 2.24) is 9.97 Å². The highest BCUT2D eigenvalue weighted by Gasteiger charge is 2.19. The highest BCUT2D eigenvalue weighted by molar-refractivity contribution is 6.06. The Kier molecular flexibility index (Phi) is 5.07. The molecule has 0 saturated carbocycles. The summed E-state index contributed by atoms with van der Waals surface area (Å²) < 4.78 is 5.23. The number of benzene rings is 2. The number of H-pyrrole nitrogens is 1. The zero-order chi connectivity index (χ0) is 20.2. The van der Waals surface area contributed by atoms with Crippen molar-refractivity contribution >= 4 is 22.5 Å². The standard InChI is InChI=1S/C23H19N3O3/c1-29-19-8-6-18(7-9-19)26(23(28)16-10-12-24-13-11-16)15-17-14-22(27)25-21-5-3-2-4-20(17)21/h2-14H,15H2,1H3,(H,25,27). The molecule has 6 nitrogen and oxygen atoms in total. The Balaban J connectivity index is 1.80. The number of fused-ring (bicyclic) bond motifs is 1. The molecule has 0 aliphatic heterocycles. The number of nitrogens with one attached hydrogen (secondary N) is 1. The predicted molar refractivity (Wildman–Crippen MR) is 112 cm³/mol. The lowest BCUT2D eigenvalue weighted by Gasteiger charge is -2.24. The molecule has 144 valence electrons. The molecule has 0 fully saturated rings. The number of carbonyl (C=O) groups excluding carboxylic acids is 1. The largest absolute Gasteiger partial charge is 0.497 e. The van der Waals surface area contributed by atoms with Gasteiger partial charge in [-0.05, 0) is 48.0 Å². The van der Waals surface area contributed by atoms with Crippen LogP contribution in [0.2, 0.25) is 0 Å². The predicted octanol–water partition coefficient (Wildman–Crippen LogP) is 3.78. The molecule has 0 unspecified atom stereocenters. The molecule has 0 bridgehead atoms. The third-order valence-electron chi connectivity index (χ3n) is 4.72.